The summed E-state index contributed by atoms with van der Waals surface area (Å²) in [5.41, 5.74) is 3.91. The van der Waals surface area contributed by atoms with E-state index in [4.69, 9.17) is 17.4 Å². The standard InChI is InChI=1S/C11H14ClIN2/c1-2-3-4-11(15-14)8-5-6-10(13)9(12)7-8/h2,5-7,11,15H,1,3-4,14H2. The Balaban J connectivity index is 2.82. The lowest BCUT2D eigenvalue weighted by Crippen LogP contribution is -2.27. The van der Waals surface area contributed by atoms with Crippen molar-refractivity contribution in [3.63, 3.8) is 0 Å². The van der Waals surface area contributed by atoms with Gasteiger partial charge in [0.2, 0.25) is 0 Å². The Kier molecular flexibility index (Phi) is 5.60. The Hall–Kier alpha value is -0.100. The monoisotopic (exact) mass is 336 g/mol. The van der Waals surface area contributed by atoms with E-state index in [9.17, 15) is 0 Å². The summed E-state index contributed by atoms with van der Waals surface area (Å²) >= 11 is 8.26. The van der Waals surface area contributed by atoms with Crippen molar-refractivity contribution in [2.45, 2.75) is 18.9 Å². The van der Waals surface area contributed by atoms with E-state index in [1.807, 2.05) is 24.3 Å². The summed E-state index contributed by atoms with van der Waals surface area (Å²) in [4.78, 5) is 0. The van der Waals surface area contributed by atoms with Crippen LogP contribution < -0.4 is 11.3 Å². The second-order valence-corrected chi connectivity index (χ2v) is 4.83. The van der Waals surface area contributed by atoms with Crippen molar-refractivity contribution in [1.29, 1.82) is 0 Å². The van der Waals surface area contributed by atoms with Gasteiger partial charge in [0.25, 0.3) is 0 Å². The highest BCUT2D eigenvalue weighted by atomic mass is 127. The van der Waals surface area contributed by atoms with Gasteiger partial charge in [-0.05, 0) is 53.1 Å². The second-order valence-electron chi connectivity index (χ2n) is 3.26. The van der Waals surface area contributed by atoms with E-state index < -0.39 is 0 Å². The fraction of sp³-hybridized carbons (Fsp3) is 0.273. The number of halogens is 2. The van der Waals surface area contributed by atoms with Crippen LogP contribution in [0.25, 0.3) is 0 Å². The van der Waals surface area contributed by atoms with Gasteiger partial charge < -0.3 is 0 Å². The molecule has 0 aromatic heterocycles. The first-order chi connectivity index (χ1) is 7.19. The van der Waals surface area contributed by atoms with Gasteiger partial charge in [-0.15, -0.1) is 6.58 Å². The first kappa shape index (κ1) is 13.0. The van der Waals surface area contributed by atoms with E-state index in [0.29, 0.717) is 0 Å². The predicted molar refractivity (Wildman–Crippen MR) is 73.7 cm³/mol. The van der Waals surface area contributed by atoms with Gasteiger partial charge in [-0.1, -0.05) is 23.7 Å². The lowest BCUT2D eigenvalue weighted by atomic mass is 10.0. The number of hydrazine groups is 1. The zero-order valence-electron chi connectivity index (χ0n) is 8.34. The highest BCUT2D eigenvalue weighted by Crippen LogP contribution is 2.25. The van der Waals surface area contributed by atoms with Crippen molar-refractivity contribution in [1.82, 2.24) is 5.43 Å². The molecule has 0 aliphatic heterocycles. The quantitative estimate of drug-likeness (QED) is 0.374. The minimum atomic E-state index is 0.137. The van der Waals surface area contributed by atoms with Gasteiger partial charge in [0.05, 0.1) is 5.02 Å². The first-order valence-electron chi connectivity index (χ1n) is 4.71. The van der Waals surface area contributed by atoms with E-state index in [0.717, 1.165) is 27.0 Å². The summed E-state index contributed by atoms with van der Waals surface area (Å²) in [6.07, 6.45) is 3.74. The summed E-state index contributed by atoms with van der Waals surface area (Å²) in [6, 6.07) is 6.13. The third-order valence-corrected chi connectivity index (χ3v) is 3.78. The lowest BCUT2D eigenvalue weighted by molar-refractivity contribution is 0.521. The molecule has 0 saturated carbocycles. The predicted octanol–water partition coefficient (Wildman–Crippen LogP) is 3.42. The minimum Gasteiger partial charge on any atom is -0.271 e. The topological polar surface area (TPSA) is 38.0 Å². The van der Waals surface area contributed by atoms with Crippen molar-refractivity contribution in [3.8, 4) is 0 Å². The van der Waals surface area contributed by atoms with Gasteiger partial charge in [-0.3, -0.25) is 11.3 Å². The molecule has 0 aliphatic rings. The summed E-state index contributed by atoms with van der Waals surface area (Å²) in [5, 5.41) is 0.770. The van der Waals surface area contributed by atoms with Gasteiger partial charge in [-0.2, -0.15) is 0 Å². The van der Waals surface area contributed by atoms with Crippen molar-refractivity contribution in [3.05, 3.63) is 45.0 Å². The number of nitrogens with one attached hydrogen (secondary N) is 1. The normalized spacial score (nSPS) is 12.5. The maximum Gasteiger partial charge on any atom is 0.0542 e. The van der Waals surface area contributed by atoms with Crippen molar-refractivity contribution < 1.29 is 0 Å². The number of hydrogen-bond donors (Lipinski definition) is 2. The third-order valence-electron chi connectivity index (χ3n) is 2.21. The molecule has 0 amide bonds. The Morgan fingerprint density at radius 1 is 1.60 bits per heavy atom. The van der Waals surface area contributed by atoms with Crippen LogP contribution in [0.1, 0.15) is 24.4 Å². The van der Waals surface area contributed by atoms with Gasteiger partial charge in [0.1, 0.15) is 0 Å². The van der Waals surface area contributed by atoms with E-state index in [2.05, 4.69) is 34.6 Å². The minimum absolute atomic E-state index is 0.137. The van der Waals surface area contributed by atoms with Gasteiger partial charge >= 0.3 is 0 Å². The van der Waals surface area contributed by atoms with Crippen molar-refractivity contribution >= 4 is 34.2 Å². The molecule has 1 aromatic carbocycles. The van der Waals surface area contributed by atoms with Crippen molar-refractivity contribution in [2.24, 2.45) is 5.84 Å². The first-order valence-corrected chi connectivity index (χ1v) is 6.16. The summed E-state index contributed by atoms with van der Waals surface area (Å²) in [5.74, 6) is 5.50. The number of rotatable bonds is 5. The Morgan fingerprint density at radius 3 is 2.87 bits per heavy atom. The molecule has 0 fully saturated rings. The van der Waals surface area contributed by atoms with E-state index >= 15 is 0 Å². The van der Waals surface area contributed by atoms with Gasteiger partial charge in [0.15, 0.2) is 0 Å². The summed E-state index contributed by atoms with van der Waals surface area (Å²) in [7, 11) is 0. The number of allylic oxidation sites excluding steroid dienone is 1. The fourth-order valence-corrected chi connectivity index (χ4v) is 1.88. The largest absolute Gasteiger partial charge is 0.271 e. The molecular weight excluding hydrogens is 322 g/mol. The molecule has 0 aliphatic carbocycles. The molecule has 4 heteroatoms. The van der Waals surface area contributed by atoms with Crippen LogP contribution in [0.4, 0.5) is 0 Å². The zero-order valence-corrected chi connectivity index (χ0v) is 11.3. The molecule has 0 radical (unpaired) electrons. The van der Waals surface area contributed by atoms with E-state index in [1.54, 1.807) is 0 Å². The number of benzene rings is 1. The van der Waals surface area contributed by atoms with Crippen LogP contribution in [-0.4, -0.2) is 0 Å². The van der Waals surface area contributed by atoms with E-state index in [-0.39, 0.29) is 6.04 Å². The van der Waals surface area contributed by atoms with Crippen LogP contribution in [0.3, 0.4) is 0 Å². The molecule has 1 atom stereocenters. The van der Waals surface area contributed by atoms with E-state index in [1.165, 1.54) is 0 Å². The molecule has 1 aromatic rings. The molecule has 1 unspecified atom stereocenters. The third kappa shape index (κ3) is 3.75. The maximum absolute atomic E-state index is 6.05. The molecule has 0 bridgehead atoms. The average molecular weight is 337 g/mol. The Morgan fingerprint density at radius 2 is 2.33 bits per heavy atom. The maximum atomic E-state index is 6.05. The molecule has 3 N–H and O–H groups in total. The molecule has 15 heavy (non-hydrogen) atoms. The SMILES string of the molecule is C=CCCC(NN)c1ccc(I)c(Cl)c1. The highest BCUT2D eigenvalue weighted by molar-refractivity contribution is 14.1. The molecule has 0 saturated heterocycles. The lowest BCUT2D eigenvalue weighted by Gasteiger charge is -2.15. The summed E-state index contributed by atoms with van der Waals surface area (Å²) in [6.45, 7) is 3.70. The Labute approximate surface area is 109 Å². The average Bonchev–Trinajstić information content (AvgIpc) is 2.24. The van der Waals surface area contributed by atoms with Crippen LogP contribution in [0.15, 0.2) is 30.9 Å². The fourth-order valence-electron chi connectivity index (χ4n) is 1.36. The Bertz CT molecular complexity index is 341. The van der Waals surface area contributed by atoms with Crippen LogP contribution >= 0.6 is 34.2 Å². The van der Waals surface area contributed by atoms with Crippen LogP contribution in [0.5, 0.6) is 0 Å². The second kappa shape index (κ2) is 6.48. The summed E-state index contributed by atoms with van der Waals surface area (Å²) < 4.78 is 1.05. The smallest absolute Gasteiger partial charge is 0.0542 e. The number of nitrogens with two attached hydrogens (primary N) is 1. The molecule has 0 heterocycles. The van der Waals surface area contributed by atoms with Crippen LogP contribution in [0.2, 0.25) is 5.02 Å². The van der Waals surface area contributed by atoms with Crippen LogP contribution in [-0.2, 0) is 0 Å². The molecule has 0 spiro atoms. The van der Waals surface area contributed by atoms with Crippen LogP contribution in [0, 0.1) is 3.57 Å². The van der Waals surface area contributed by atoms with Gasteiger partial charge in [-0.25, -0.2) is 0 Å². The molecular formula is C11H14ClIN2. The molecule has 2 nitrogen and oxygen atoms in total. The zero-order chi connectivity index (χ0) is 11.3. The highest BCUT2D eigenvalue weighted by Gasteiger charge is 2.09. The van der Waals surface area contributed by atoms with Gasteiger partial charge in [0, 0.05) is 9.61 Å². The van der Waals surface area contributed by atoms with Crippen molar-refractivity contribution in [2.75, 3.05) is 0 Å². The molecule has 82 valence electrons. The number of hydrogen-bond acceptors (Lipinski definition) is 2. The molecule has 1 rings (SSSR count).